The molecule has 1 fully saturated rings. The Morgan fingerprint density at radius 3 is 2.52 bits per heavy atom. The lowest BCUT2D eigenvalue weighted by Gasteiger charge is -2.33. The Balaban J connectivity index is 1.80. The van der Waals surface area contributed by atoms with Gasteiger partial charge in [-0.1, -0.05) is 6.07 Å². The third kappa shape index (κ3) is 5.21. The van der Waals surface area contributed by atoms with Crippen LogP contribution in [0.25, 0.3) is 0 Å². The summed E-state index contributed by atoms with van der Waals surface area (Å²) in [4.78, 5) is 6.55. The van der Waals surface area contributed by atoms with Crippen LogP contribution in [0.15, 0.2) is 24.4 Å². The van der Waals surface area contributed by atoms with Crippen molar-refractivity contribution in [3.8, 4) is 0 Å². The van der Waals surface area contributed by atoms with Gasteiger partial charge in [-0.2, -0.15) is 4.31 Å². The first-order chi connectivity index (χ1) is 10.1. The van der Waals surface area contributed by atoms with Crippen molar-refractivity contribution < 1.29 is 8.42 Å². The van der Waals surface area contributed by atoms with Crippen LogP contribution < -0.4 is 0 Å². The molecule has 1 aliphatic heterocycles. The van der Waals surface area contributed by atoms with Gasteiger partial charge in [-0.05, 0) is 25.0 Å². The van der Waals surface area contributed by atoms with E-state index in [0.717, 1.165) is 31.7 Å². The molecule has 118 valence electrons. The Kier molecular flexibility index (Phi) is 6.41. The first-order valence-corrected chi connectivity index (χ1v) is 9.42. The van der Waals surface area contributed by atoms with Gasteiger partial charge in [0.15, 0.2) is 0 Å². The summed E-state index contributed by atoms with van der Waals surface area (Å²) in [6.07, 6.45) is 3.17. The zero-order chi connectivity index (χ0) is 15.1. The van der Waals surface area contributed by atoms with Crippen LogP contribution in [-0.4, -0.2) is 60.4 Å². The molecule has 1 aliphatic rings. The van der Waals surface area contributed by atoms with Gasteiger partial charge >= 0.3 is 0 Å². The zero-order valence-corrected chi connectivity index (χ0v) is 13.7. The number of piperazine rings is 1. The molecule has 1 aromatic rings. The van der Waals surface area contributed by atoms with Gasteiger partial charge in [0.2, 0.25) is 10.0 Å². The van der Waals surface area contributed by atoms with Crippen LogP contribution in [0, 0.1) is 0 Å². The third-order valence-electron chi connectivity index (χ3n) is 3.62. The van der Waals surface area contributed by atoms with E-state index in [1.807, 2.05) is 18.2 Å². The van der Waals surface area contributed by atoms with E-state index in [1.165, 1.54) is 0 Å². The fraction of sp³-hybridized carbons (Fsp3) is 0.643. The van der Waals surface area contributed by atoms with Gasteiger partial charge in [0.1, 0.15) is 0 Å². The minimum Gasteiger partial charge on any atom is -0.295 e. The highest BCUT2D eigenvalue weighted by molar-refractivity contribution is 7.89. The summed E-state index contributed by atoms with van der Waals surface area (Å²) in [5.74, 6) is 0.729. The fourth-order valence-electron chi connectivity index (χ4n) is 2.39. The van der Waals surface area contributed by atoms with Crippen LogP contribution >= 0.6 is 11.6 Å². The molecule has 1 aromatic heterocycles. The van der Waals surface area contributed by atoms with Gasteiger partial charge in [0.25, 0.3) is 0 Å². The van der Waals surface area contributed by atoms with E-state index in [0.29, 0.717) is 25.4 Å². The minimum absolute atomic E-state index is 0.208. The predicted octanol–water partition coefficient (Wildman–Crippen LogP) is 1.55. The number of halogens is 1. The Labute approximate surface area is 132 Å². The molecule has 0 atom stereocenters. The number of unbranched alkanes of at least 4 members (excludes halogenated alkanes) is 1. The van der Waals surface area contributed by atoms with Gasteiger partial charge in [0.05, 0.1) is 11.4 Å². The molecular weight excluding hydrogens is 310 g/mol. The molecule has 2 heterocycles. The maximum Gasteiger partial charge on any atom is 0.214 e. The monoisotopic (exact) mass is 331 g/mol. The van der Waals surface area contributed by atoms with Crippen LogP contribution in [0.2, 0.25) is 0 Å². The highest BCUT2D eigenvalue weighted by Gasteiger charge is 2.26. The van der Waals surface area contributed by atoms with Crippen molar-refractivity contribution >= 4 is 21.6 Å². The Hall–Kier alpha value is -0.690. The normalized spacial score (nSPS) is 18.0. The van der Waals surface area contributed by atoms with E-state index < -0.39 is 10.0 Å². The van der Waals surface area contributed by atoms with Crippen molar-refractivity contribution in [2.45, 2.75) is 19.4 Å². The van der Waals surface area contributed by atoms with E-state index in [4.69, 9.17) is 11.6 Å². The van der Waals surface area contributed by atoms with Crippen molar-refractivity contribution in [1.82, 2.24) is 14.2 Å². The second-order valence-corrected chi connectivity index (χ2v) is 7.67. The average Bonchev–Trinajstić information content (AvgIpc) is 2.49. The van der Waals surface area contributed by atoms with Crippen molar-refractivity contribution in [2.24, 2.45) is 0 Å². The smallest absolute Gasteiger partial charge is 0.214 e. The molecule has 0 aliphatic carbocycles. The summed E-state index contributed by atoms with van der Waals surface area (Å²) in [5.41, 5.74) is 1.02. The van der Waals surface area contributed by atoms with Crippen LogP contribution in [0.4, 0.5) is 0 Å². The summed E-state index contributed by atoms with van der Waals surface area (Å²) < 4.78 is 26.0. The highest BCUT2D eigenvalue weighted by Crippen LogP contribution is 2.12. The van der Waals surface area contributed by atoms with Crippen molar-refractivity contribution in [3.05, 3.63) is 30.1 Å². The topological polar surface area (TPSA) is 53.5 Å². The van der Waals surface area contributed by atoms with E-state index in [1.54, 1.807) is 10.5 Å². The molecular formula is C14H22ClN3O2S. The largest absolute Gasteiger partial charge is 0.295 e. The lowest BCUT2D eigenvalue weighted by atomic mass is 10.3. The summed E-state index contributed by atoms with van der Waals surface area (Å²) in [7, 11) is -3.12. The van der Waals surface area contributed by atoms with Crippen molar-refractivity contribution in [2.75, 3.05) is 37.8 Å². The number of nitrogens with zero attached hydrogens (tertiary/aromatic N) is 3. The number of hydrogen-bond donors (Lipinski definition) is 0. The van der Waals surface area contributed by atoms with Crippen LogP contribution in [-0.2, 0) is 16.6 Å². The summed E-state index contributed by atoms with van der Waals surface area (Å²) in [6.45, 7) is 3.42. The molecule has 2 rings (SSSR count). The highest BCUT2D eigenvalue weighted by atomic mass is 35.5. The zero-order valence-electron chi connectivity index (χ0n) is 12.1. The Bertz CT molecular complexity index is 516. The molecule has 1 saturated heterocycles. The van der Waals surface area contributed by atoms with Gasteiger partial charge in [0, 0.05) is 44.8 Å². The van der Waals surface area contributed by atoms with Crippen LogP contribution in [0.3, 0.4) is 0 Å². The number of hydrogen-bond acceptors (Lipinski definition) is 4. The molecule has 5 nitrogen and oxygen atoms in total. The summed E-state index contributed by atoms with van der Waals surface area (Å²) in [5, 5.41) is 0. The number of rotatable bonds is 7. The Morgan fingerprint density at radius 2 is 1.90 bits per heavy atom. The molecule has 0 N–H and O–H groups in total. The van der Waals surface area contributed by atoms with E-state index in [9.17, 15) is 8.42 Å². The number of sulfonamides is 1. The maximum absolute atomic E-state index is 12.2. The van der Waals surface area contributed by atoms with Gasteiger partial charge < -0.3 is 0 Å². The maximum atomic E-state index is 12.2. The molecule has 0 saturated carbocycles. The molecule has 0 spiro atoms. The molecule has 0 unspecified atom stereocenters. The SMILES string of the molecule is O=S(=O)(CCCCCl)N1CCN(Cc2ccccn2)CC1. The molecule has 0 radical (unpaired) electrons. The molecule has 7 heteroatoms. The van der Waals surface area contributed by atoms with Gasteiger partial charge in [-0.3, -0.25) is 9.88 Å². The van der Waals surface area contributed by atoms with E-state index >= 15 is 0 Å². The van der Waals surface area contributed by atoms with Crippen LogP contribution in [0.5, 0.6) is 0 Å². The average molecular weight is 332 g/mol. The number of pyridine rings is 1. The first kappa shape index (κ1) is 16.7. The van der Waals surface area contributed by atoms with E-state index in [-0.39, 0.29) is 5.75 Å². The van der Waals surface area contributed by atoms with Crippen molar-refractivity contribution in [3.63, 3.8) is 0 Å². The molecule has 0 bridgehead atoms. The van der Waals surface area contributed by atoms with Crippen molar-refractivity contribution in [1.29, 1.82) is 0 Å². The number of aromatic nitrogens is 1. The fourth-order valence-corrected chi connectivity index (χ4v) is 4.13. The summed E-state index contributed by atoms with van der Waals surface area (Å²) >= 11 is 5.59. The van der Waals surface area contributed by atoms with Crippen LogP contribution in [0.1, 0.15) is 18.5 Å². The molecule has 21 heavy (non-hydrogen) atoms. The lowest BCUT2D eigenvalue weighted by Crippen LogP contribution is -2.48. The summed E-state index contributed by atoms with van der Waals surface area (Å²) in [6, 6.07) is 5.87. The van der Waals surface area contributed by atoms with E-state index in [2.05, 4.69) is 9.88 Å². The predicted molar refractivity (Wildman–Crippen MR) is 84.8 cm³/mol. The first-order valence-electron chi connectivity index (χ1n) is 7.28. The molecule has 0 amide bonds. The second kappa shape index (κ2) is 8.08. The Morgan fingerprint density at radius 1 is 1.14 bits per heavy atom. The number of alkyl halides is 1. The third-order valence-corrected chi connectivity index (χ3v) is 5.85. The quantitative estimate of drug-likeness (QED) is 0.562. The minimum atomic E-state index is -3.12. The molecule has 0 aromatic carbocycles. The van der Waals surface area contributed by atoms with Gasteiger partial charge in [-0.25, -0.2) is 8.42 Å². The lowest BCUT2D eigenvalue weighted by molar-refractivity contribution is 0.180. The van der Waals surface area contributed by atoms with Gasteiger partial charge in [-0.15, -0.1) is 11.6 Å². The standard InChI is InChI=1S/C14H22ClN3O2S/c15-6-2-4-12-21(19,20)18-10-8-17(9-11-18)13-14-5-1-3-7-16-14/h1,3,5,7H,2,4,6,8-13H2. The second-order valence-electron chi connectivity index (χ2n) is 5.21.